The number of rotatable bonds is 1. The van der Waals surface area contributed by atoms with Gasteiger partial charge in [-0.15, -0.1) is 0 Å². The summed E-state index contributed by atoms with van der Waals surface area (Å²) < 4.78 is 12.3. The van der Waals surface area contributed by atoms with Crippen LogP contribution in [-0.4, -0.2) is 18.3 Å². The molecule has 4 heteroatoms. The highest BCUT2D eigenvalue weighted by Crippen LogP contribution is 2.37. The topological polar surface area (TPSA) is 18.5 Å². The van der Waals surface area contributed by atoms with E-state index in [0.717, 1.165) is 23.3 Å². The summed E-state index contributed by atoms with van der Waals surface area (Å²) in [5.74, 6) is 0. The third-order valence-corrected chi connectivity index (χ3v) is 5.70. The highest BCUT2D eigenvalue weighted by Gasteiger charge is 2.52. The molecule has 1 heterocycles. The Morgan fingerprint density at radius 1 is 0.952 bits per heavy atom. The summed E-state index contributed by atoms with van der Waals surface area (Å²) in [4.78, 5) is 0. The number of fused-ring (bicyclic) bond motifs is 1. The molecule has 0 bridgehead atoms. The average molecular weight is 307 g/mol. The Kier molecular flexibility index (Phi) is 3.88. The van der Waals surface area contributed by atoms with Crippen LogP contribution in [0, 0.1) is 0 Å². The smallest absolute Gasteiger partial charge is 0.399 e. The van der Waals surface area contributed by atoms with Crippen LogP contribution in [0.1, 0.15) is 58.1 Å². The quantitative estimate of drug-likeness (QED) is 0.578. The van der Waals surface area contributed by atoms with Crippen LogP contribution in [0.5, 0.6) is 0 Å². The van der Waals surface area contributed by atoms with E-state index in [2.05, 4.69) is 39.8 Å². The van der Waals surface area contributed by atoms with Crippen molar-refractivity contribution < 1.29 is 9.31 Å². The zero-order valence-corrected chi connectivity index (χ0v) is 14.2. The summed E-state index contributed by atoms with van der Waals surface area (Å²) >= 11 is 6.71. The monoisotopic (exact) mass is 306 g/mol. The largest absolute Gasteiger partial charge is 0.496 e. The summed E-state index contributed by atoms with van der Waals surface area (Å²) in [6.07, 6.45) is 5.98. The molecule has 114 valence electrons. The lowest BCUT2D eigenvalue weighted by atomic mass is 9.77. The Labute approximate surface area is 133 Å². The van der Waals surface area contributed by atoms with Crippen molar-refractivity contribution >= 4 is 24.2 Å². The fourth-order valence-electron chi connectivity index (χ4n) is 3.13. The molecule has 0 amide bonds. The Bertz CT molecular complexity index is 538. The van der Waals surface area contributed by atoms with Crippen molar-refractivity contribution in [2.24, 2.45) is 0 Å². The first-order chi connectivity index (χ1) is 9.82. The number of halogens is 1. The van der Waals surface area contributed by atoms with E-state index in [1.807, 2.05) is 0 Å². The molecule has 1 saturated heterocycles. The van der Waals surface area contributed by atoms with E-state index in [1.165, 1.54) is 30.4 Å². The maximum Gasteiger partial charge on any atom is 0.496 e. The van der Waals surface area contributed by atoms with Crippen LogP contribution in [0.15, 0.2) is 12.1 Å². The van der Waals surface area contributed by atoms with Crippen molar-refractivity contribution in [3.8, 4) is 0 Å². The first kappa shape index (κ1) is 15.4. The van der Waals surface area contributed by atoms with Gasteiger partial charge in [0.25, 0.3) is 0 Å². The number of benzene rings is 1. The average Bonchev–Trinajstić information content (AvgIpc) is 2.58. The molecule has 0 saturated carbocycles. The van der Waals surface area contributed by atoms with Gasteiger partial charge in [-0.05, 0) is 64.5 Å². The van der Waals surface area contributed by atoms with Gasteiger partial charge in [0.05, 0.1) is 11.2 Å². The van der Waals surface area contributed by atoms with Crippen LogP contribution >= 0.6 is 11.6 Å². The van der Waals surface area contributed by atoms with Gasteiger partial charge in [0, 0.05) is 10.5 Å². The van der Waals surface area contributed by atoms with E-state index in [1.54, 1.807) is 0 Å². The number of aryl methyl sites for hydroxylation is 1. The van der Waals surface area contributed by atoms with E-state index in [0.29, 0.717) is 0 Å². The summed E-state index contributed by atoms with van der Waals surface area (Å²) in [7, 11) is -0.365. The molecule has 1 aliphatic heterocycles. The van der Waals surface area contributed by atoms with Gasteiger partial charge in [-0.3, -0.25) is 0 Å². The molecule has 1 aliphatic carbocycles. The molecular weight excluding hydrogens is 282 g/mol. The lowest BCUT2D eigenvalue weighted by Gasteiger charge is -2.32. The Hall–Kier alpha value is -0.505. The van der Waals surface area contributed by atoms with Gasteiger partial charge in [0.15, 0.2) is 0 Å². The molecule has 2 nitrogen and oxygen atoms in total. The van der Waals surface area contributed by atoms with E-state index in [9.17, 15) is 0 Å². The molecule has 2 aliphatic rings. The van der Waals surface area contributed by atoms with Gasteiger partial charge < -0.3 is 9.31 Å². The van der Waals surface area contributed by atoms with Crippen molar-refractivity contribution in [3.63, 3.8) is 0 Å². The first-order valence-corrected chi connectivity index (χ1v) is 8.35. The summed E-state index contributed by atoms with van der Waals surface area (Å²) in [5, 5.41) is 0.855. The fourth-order valence-corrected chi connectivity index (χ4v) is 3.50. The molecule has 1 aromatic rings. The van der Waals surface area contributed by atoms with Crippen LogP contribution in [0.3, 0.4) is 0 Å². The van der Waals surface area contributed by atoms with Crippen LogP contribution in [0.25, 0.3) is 0 Å². The van der Waals surface area contributed by atoms with Crippen molar-refractivity contribution in [2.75, 3.05) is 0 Å². The van der Waals surface area contributed by atoms with Crippen molar-refractivity contribution in [3.05, 3.63) is 28.3 Å². The zero-order chi connectivity index (χ0) is 15.3. The molecule has 3 rings (SSSR count). The summed E-state index contributed by atoms with van der Waals surface area (Å²) in [6, 6.07) is 4.31. The normalized spacial score (nSPS) is 23.8. The first-order valence-electron chi connectivity index (χ1n) is 7.98. The maximum absolute atomic E-state index is 6.71. The second-order valence-electron chi connectivity index (χ2n) is 7.26. The van der Waals surface area contributed by atoms with Gasteiger partial charge >= 0.3 is 7.12 Å². The molecule has 1 aromatic carbocycles. The zero-order valence-electron chi connectivity index (χ0n) is 13.5. The Balaban J connectivity index is 1.96. The van der Waals surface area contributed by atoms with Crippen LogP contribution in [-0.2, 0) is 22.2 Å². The SMILES string of the molecule is CC1(C)OB(c2ccc3c(c2Cl)CCCCC3)OC1(C)C. The second-order valence-corrected chi connectivity index (χ2v) is 7.63. The van der Waals surface area contributed by atoms with Crippen LogP contribution in [0.4, 0.5) is 0 Å². The fraction of sp³-hybridized carbons (Fsp3) is 0.647. The van der Waals surface area contributed by atoms with E-state index in [-0.39, 0.29) is 18.3 Å². The van der Waals surface area contributed by atoms with E-state index < -0.39 is 0 Å². The highest BCUT2D eigenvalue weighted by atomic mass is 35.5. The molecule has 0 atom stereocenters. The maximum atomic E-state index is 6.71. The molecule has 0 radical (unpaired) electrons. The number of hydrogen-bond acceptors (Lipinski definition) is 2. The number of hydrogen-bond donors (Lipinski definition) is 0. The van der Waals surface area contributed by atoms with Crippen LogP contribution < -0.4 is 5.46 Å². The Morgan fingerprint density at radius 2 is 1.57 bits per heavy atom. The predicted molar refractivity (Wildman–Crippen MR) is 88.4 cm³/mol. The van der Waals surface area contributed by atoms with Gasteiger partial charge in [-0.1, -0.05) is 30.2 Å². The van der Waals surface area contributed by atoms with Gasteiger partial charge in [-0.2, -0.15) is 0 Å². The van der Waals surface area contributed by atoms with Gasteiger partial charge in [-0.25, -0.2) is 0 Å². The minimum absolute atomic E-state index is 0.326. The predicted octanol–water partition coefficient (Wildman–Crippen LogP) is 3.91. The van der Waals surface area contributed by atoms with E-state index in [4.69, 9.17) is 20.9 Å². The van der Waals surface area contributed by atoms with Gasteiger partial charge in [0.2, 0.25) is 0 Å². The van der Waals surface area contributed by atoms with Crippen molar-refractivity contribution in [1.29, 1.82) is 0 Å². The standard InChI is InChI=1S/C17H24BClO2/c1-16(2)17(3,4)21-18(20-16)14-11-10-12-8-6-5-7-9-13(12)15(14)19/h10-11H,5-9H2,1-4H3. The minimum atomic E-state index is -0.365. The summed E-state index contributed by atoms with van der Waals surface area (Å²) in [6.45, 7) is 8.30. The molecule has 1 fully saturated rings. The molecule has 0 aromatic heterocycles. The van der Waals surface area contributed by atoms with Crippen LogP contribution in [0.2, 0.25) is 5.02 Å². The van der Waals surface area contributed by atoms with E-state index >= 15 is 0 Å². The highest BCUT2D eigenvalue weighted by molar-refractivity contribution is 6.65. The van der Waals surface area contributed by atoms with Crippen molar-refractivity contribution in [2.45, 2.75) is 71.0 Å². The third kappa shape index (κ3) is 2.65. The Morgan fingerprint density at radius 3 is 2.24 bits per heavy atom. The minimum Gasteiger partial charge on any atom is -0.399 e. The molecule has 0 N–H and O–H groups in total. The van der Waals surface area contributed by atoms with Crippen molar-refractivity contribution in [1.82, 2.24) is 0 Å². The molecular formula is C17H24BClO2. The lowest BCUT2D eigenvalue weighted by Crippen LogP contribution is -2.41. The molecule has 21 heavy (non-hydrogen) atoms. The second kappa shape index (κ2) is 5.29. The molecule has 0 unspecified atom stereocenters. The summed E-state index contributed by atoms with van der Waals surface area (Å²) in [5.41, 5.74) is 3.04. The van der Waals surface area contributed by atoms with Gasteiger partial charge in [0.1, 0.15) is 0 Å². The lowest BCUT2D eigenvalue weighted by molar-refractivity contribution is 0.00578. The third-order valence-electron chi connectivity index (χ3n) is 5.25. The molecule has 0 spiro atoms.